The summed E-state index contributed by atoms with van der Waals surface area (Å²) in [6.45, 7) is 7.85. The van der Waals surface area contributed by atoms with Crippen LogP contribution in [-0.2, 0) is 19.0 Å². The van der Waals surface area contributed by atoms with Crippen LogP contribution < -0.4 is 0 Å². The van der Waals surface area contributed by atoms with Crippen molar-refractivity contribution in [1.82, 2.24) is 4.98 Å². The zero-order valence-electron chi connectivity index (χ0n) is 16.8. The number of esters is 1. The predicted octanol–water partition coefficient (Wildman–Crippen LogP) is 4.27. The average molecular weight is 423 g/mol. The van der Waals surface area contributed by atoms with Gasteiger partial charge in [-0.25, -0.2) is 9.78 Å². The third-order valence-corrected chi connectivity index (χ3v) is 6.38. The van der Waals surface area contributed by atoms with E-state index >= 15 is 0 Å². The van der Waals surface area contributed by atoms with Crippen molar-refractivity contribution >= 4 is 40.2 Å². The first-order valence-electron chi connectivity index (χ1n) is 8.76. The molecule has 0 N–H and O–H groups in total. The molecule has 0 saturated heterocycles. The Kier molecular flexibility index (Phi) is 8.47. The van der Waals surface area contributed by atoms with Gasteiger partial charge in [0, 0.05) is 24.2 Å². The van der Waals surface area contributed by atoms with Crippen molar-refractivity contribution in [3.8, 4) is 0 Å². The van der Waals surface area contributed by atoms with Crippen molar-refractivity contribution < 1.29 is 19.0 Å². The number of thiazole rings is 1. The van der Waals surface area contributed by atoms with Crippen LogP contribution in [0, 0.1) is 5.92 Å². The number of methoxy groups -OCH3 is 3. The molecule has 6 nitrogen and oxygen atoms in total. The number of ether oxygens (including phenoxy) is 3. The van der Waals surface area contributed by atoms with Crippen LogP contribution in [-0.4, -0.2) is 49.2 Å². The lowest BCUT2D eigenvalue weighted by Gasteiger charge is -2.21. The van der Waals surface area contributed by atoms with Gasteiger partial charge in [0.05, 0.1) is 37.1 Å². The van der Waals surface area contributed by atoms with Gasteiger partial charge in [-0.15, -0.1) is 23.1 Å². The minimum atomic E-state index is -0.462. The molecule has 3 atom stereocenters. The number of rotatable bonds is 9. The molecule has 2 heterocycles. The molecule has 8 heteroatoms. The second kappa shape index (κ2) is 10.6. The van der Waals surface area contributed by atoms with Gasteiger partial charge in [0.1, 0.15) is 16.8 Å². The smallest absolute Gasteiger partial charge is 0.333 e. The van der Waals surface area contributed by atoms with Gasteiger partial charge in [-0.05, 0) is 18.6 Å². The van der Waals surface area contributed by atoms with Gasteiger partial charge in [-0.3, -0.25) is 4.99 Å². The summed E-state index contributed by atoms with van der Waals surface area (Å²) < 4.78 is 15.6. The molecule has 0 amide bonds. The molecule has 0 spiro atoms. The van der Waals surface area contributed by atoms with Crippen LogP contribution in [0.5, 0.6) is 0 Å². The van der Waals surface area contributed by atoms with E-state index < -0.39 is 5.97 Å². The van der Waals surface area contributed by atoms with Crippen LogP contribution in [0.4, 0.5) is 0 Å². The van der Waals surface area contributed by atoms with E-state index in [0.717, 1.165) is 27.1 Å². The topological polar surface area (TPSA) is 70.0 Å². The highest BCUT2D eigenvalue weighted by atomic mass is 32.2. The molecule has 152 valence electrons. The molecule has 1 aliphatic heterocycles. The standard InChI is InChI=1S/C20H26N2O4S2/c1-12(2)19-22-15(11-28-19)20-21-14(10-27-20)7-8-16(24-4)13(3)17(25-5)9-18(23)26-6/h7-10,13,15-16H,1,11H2,2-6H3/b8-7+,17-9-. The zero-order chi connectivity index (χ0) is 20.7. The van der Waals surface area contributed by atoms with E-state index in [1.54, 1.807) is 30.2 Å². The fraction of sp³-hybridized carbons (Fsp3) is 0.450. The molecular weight excluding hydrogens is 396 g/mol. The molecule has 1 aromatic rings. The normalized spacial score (nSPS) is 19.4. The van der Waals surface area contributed by atoms with E-state index in [0.29, 0.717) is 5.76 Å². The predicted molar refractivity (Wildman–Crippen MR) is 116 cm³/mol. The van der Waals surface area contributed by atoms with Gasteiger partial charge < -0.3 is 14.2 Å². The van der Waals surface area contributed by atoms with Gasteiger partial charge in [0.2, 0.25) is 0 Å². The van der Waals surface area contributed by atoms with Gasteiger partial charge in [0.15, 0.2) is 0 Å². The minimum absolute atomic E-state index is 0.0871. The Bertz CT molecular complexity index is 798. The van der Waals surface area contributed by atoms with Crippen molar-refractivity contribution in [2.45, 2.75) is 26.0 Å². The van der Waals surface area contributed by atoms with Crippen LogP contribution in [0.2, 0.25) is 0 Å². The van der Waals surface area contributed by atoms with E-state index in [1.165, 1.54) is 20.3 Å². The van der Waals surface area contributed by atoms with Crippen LogP contribution in [0.1, 0.15) is 30.6 Å². The summed E-state index contributed by atoms with van der Waals surface area (Å²) in [7, 11) is 4.47. The highest BCUT2D eigenvalue weighted by molar-refractivity contribution is 8.14. The maximum absolute atomic E-state index is 11.5. The third-order valence-electron chi connectivity index (χ3n) is 4.21. The maximum atomic E-state index is 11.5. The summed E-state index contributed by atoms with van der Waals surface area (Å²) in [4.78, 5) is 20.9. The molecule has 0 saturated carbocycles. The summed E-state index contributed by atoms with van der Waals surface area (Å²) in [6, 6.07) is 0.0871. The lowest BCUT2D eigenvalue weighted by Crippen LogP contribution is -2.21. The quantitative estimate of drug-likeness (QED) is 0.336. The second-order valence-corrected chi connectivity index (χ2v) is 8.17. The number of carbonyl (C=O) groups is 1. The number of aliphatic imine (C=N–C) groups is 1. The van der Waals surface area contributed by atoms with Crippen molar-refractivity contribution in [2.75, 3.05) is 27.1 Å². The molecule has 28 heavy (non-hydrogen) atoms. The number of thioether (sulfide) groups is 1. The van der Waals surface area contributed by atoms with Gasteiger partial charge in [-0.1, -0.05) is 19.6 Å². The van der Waals surface area contributed by atoms with Crippen LogP contribution in [0.15, 0.2) is 40.4 Å². The zero-order valence-corrected chi connectivity index (χ0v) is 18.4. The lowest BCUT2D eigenvalue weighted by atomic mass is 10.0. The molecule has 0 aliphatic carbocycles. The largest absolute Gasteiger partial charge is 0.500 e. The van der Waals surface area contributed by atoms with Gasteiger partial charge >= 0.3 is 5.97 Å². The van der Waals surface area contributed by atoms with E-state index in [-0.39, 0.29) is 18.1 Å². The van der Waals surface area contributed by atoms with E-state index in [1.807, 2.05) is 31.4 Å². The van der Waals surface area contributed by atoms with Crippen molar-refractivity contribution in [2.24, 2.45) is 10.9 Å². The summed E-state index contributed by atoms with van der Waals surface area (Å²) >= 11 is 3.32. The molecule has 2 rings (SSSR count). The van der Waals surface area contributed by atoms with Gasteiger partial charge in [0.25, 0.3) is 0 Å². The maximum Gasteiger partial charge on any atom is 0.333 e. The van der Waals surface area contributed by atoms with E-state index in [2.05, 4.69) is 16.3 Å². The Balaban J connectivity index is 2.09. The number of carbonyl (C=O) groups excluding carboxylic acids is 1. The SMILES string of the molecule is C=C(C)C1=NC(c2nc(/C=C/C(OC)C(C)/C(=C/C(=O)OC)OC)cs2)CS1. The molecule has 0 radical (unpaired) electrons. The molecule has 1 aliphatic rings. The van der Waals surface area contributed by atoms with Crippen LogP contribution in [0.3, 0.4) is 0 Å². The minimum Gasteiger partial charge on any atom is -0.500 e. The first kappa shape index (κ1) is 22.4. The Hall–Kier alpha value is -1.90. The molecule has 0 aromatic carbocycles. The summed E-state index contributed by atoms with van der Waals surface area (Å²) in [6.07, 6.45) is 4.89. The third kappa shape index (κ3) is 5.80. The Morgan fingerprint density at radius 2 is 2.11 bits per heavy atom. The summed E-state index contributed by atoms with van der Waals surface area (Å²) in [5, 5.41) is 4.01. The van der Waals surface area contributed by atoms with Crippen molar-refractivity contribution in [1.29, 1.82) is 0 Å². The summed E-state index contributed by atoms with van der Waals surface area (Å²) in [5.41, 5.74) is 1.85. The molecule has 0 fully saturated rings. The first-order valence-corrected chi connectivity index (χ1v) is 10.6. The highest BCUT2D eigenvalue weighted by Crippen LogP contribution is 2.34. The Morgan fingerprint density at radius 1 is 1.36 bits per heavy atom. The fourth-order valence-electron chi connectivity index (χ4n) is 2.62. The fourth-order valence-corrected chi connectivity index (χ4v) is 4.55. The van der Waals surface area contributed by atoms with Crippen molar-refractivity contribution in [3.63, 3.8) is 0 Å². The molecule has 1 aromatic heterocycles. The second-order valence-electron chi connectivity index (χ2n) is 6.27. The van der Waals surface area contributed by atoms with E-state index in [9.17, 15) is 4.79 Å². The molecule has 0 bridgehead atoms. The Morgan fingerprint density at radius 3 is 2.68 bits per heavy atom. The number of aromatic nitrogens is 1. The lowest BCUT2D eigenvalue weighted by molar-refractivity contribution is -0.135. The van der Waals surface area contributed by atoms with Crippen LogP contribution >= 0.6 is 23.1 Å². The molecule has 3 unspecified atom stereocenters. The van der Waals surface area contributed by atoms with E-state index in [4.69, 9.17) is 14.5 Å². The van der Waals surface area contributed by atoms with Gasteiger partial charge in [-0.2, -0.15) is 0 Å². The summed E-state index contributed by atoms with van der Waals surface area (Å²) in [5.74, 6) is 0.756. The first-order chi connectivity index (χ1) is 13.4. The average Bonchev–Trinajstić information content (AvgIpc) is 3.35. The number of hydrogen-bond acceptors (Lipinski definition) is 8. The van der Waals surface area contributed by atoms with Crippen molar-refractivity contribution in [3.05, 3.63) is 46.1 Å². The Labute approximate surface area is 174 Å². The molecular formula is C20H26N2O4S2. The number of nitrogens with zero attached hydrogens (tertiary/aromatic N) is 2. The number of hydrogen-bond donors (Lipinski definition) is 0. The highest BCUT2D eigenvalue weighted by Gasteiger charge is 2.23. The monoisotopic (exact) mass is 422 g/mol. The van der Waals surface area contributed by atoms with Crippen LogP contribution in [0.25, 0.3) is 6.08 Å².